The van der Waals surface area contributed by atoms with Gasteiger partial charge in [-0.2, -0.15) is 0 Å². The smallest absolute Gasteiger partial charge is 0.186 e. The summed E-state index contributed by atoms with van der Waals surface area (Å²) in [5.41, 5.74) is 1.58. The van der Waals surface area contributed by atoms with Crippen LogP contribution in [-0.2, 0) is 14.4 Å². The maximum Gasteiger partial charge on any atom is 0.186 e. The number of ketones is 2. The van der Waals surface area contributed by atoms with Crippen molar-refractivity contribution >= 4 is 17.9 Å². The Kier molecular flexibility index (Phi) is 4.85. The summed E-state index contributed by atoms with van der Waals surface area (Å²) in [6.45, 7) is 11.2. The lowest BCUT2D eigenvalue weighted by molar-refractivity contribution is -0.117. The van der Waals surface area contributed by atoms with Crippen LogP contribution >= 0.6 is 0 Å². The Morgan fingerprint density at radius 2 is 1.60 bits per heavy atom. The van der Waals surface area contributed by atoms with E-state index in [0.717, 1.165) is 6.29 Å². The van der Waals surface area contributed by atoms with Gasteiger partial charge in [-0.25, -0.2) is 0 Å². The lowest BCUT2D eigenvalue weighted by Crippen LogP contribution is -2.31. The van der Waals surface area contributed by atoms with Gasteiger partial charge >= 0.3 is 0 Å². The standard InChI is InChI=1S/C17H24O3/c1-10(2)9-13-11(3)15(19)12(4)14(16(13)20)17(5,6)7-8-18/h8,10H,7,9H2,1-6H3. The van der Waals surface area contributed by atoms with Crippen LogP contribution in [0.4, 0.5) is 0 Å². The fourth-order valence-corrected chi connectivity index (χ4v) is 2.80. The average molecular weight is 276 g/mol. The van der Waals surface area contributed by atoms with E-state index < -0.39 is 5.41 Å². The summed E-state index contributed by atoms with van der Waals surface area (Å²) >= 11 is 0. The van der Waals surface area contributed by atoms with Gasteiger partial charge in [0.15, 0.2) is 11.6 Å². The molecular weight excluding hydrogens is 252 g/mol. The minimum Gasteiger partial charge on any atom is -0.303 e. The molecule has 0 heterocycles. The van der Waals surface area contributed by atoms with Crippen molar-refractivity contribution in [3.63, 3.8) is 0 Å². The van der Waals surface area contributed by atoms with E-state index in [1.54, 1.807) is 13.8 Å². The number of hydrogen-bond acceptors (Lipinski definition) is 3. The van der Waals surface area contributed by atoms with Gasteiger partial charge < -0.3 is 4.79 Å². The molecule has 110 valence electrons. The highest BCUT2D eigenvalue weighted by atomic mass is 16.1. The molecule has 0 N–H and O–H groups in total. The monoisotopic (exact) mass is 276 g/mol. The van der Waals surface area contributed by atoms with Crippen LogP contribution in [0.1, 0.15) is 54.4 Å². The number of allylic oxidation sites excluding steroid dienone is 4. The van der Waals surface area contributed by atoms with Crippen LogP contribution in [0.15, 0.2) is 22.3 Å². The summed E-state index contributed by atoms with van der Waals surface area (Å²) in [4.78, 5) is 36.0. The lowest BCUT2D eigenvalue weighted by Gasteiger charge is -2.31. The maximum atomic E-state index is 12.8. The molecule has 0 unspecified atom stereocenters. The van der Waals surface area contributed by atoms with E-state index in [2.05, 4.69) is 0 Å². The molecule has 0 amide bonds. The second-order valence-corrected chi connectivity index (χ2v) is 6.61. The van der Waals surface area contributed by atoms with Gasteiger partial charge in [-0.05, 0) is 26.2 Å². The summed E-state index contributed by atoms with van der Waals surface area (Å²) in [7, 11) is 0. The van der Waals surface area contributed by atoms with E-state index in [1.807, 2.05) is 27.7 Å². The Balaban J connectivity index is 3.37. The van der Waals surface area contributed by atoms with Crippen LogP contribution in [0.3, 0.4) is 0 Å². The van der Waals surface area contributed by atoms with Crippen LogP contribution in [0, 0.1) is 11.3 Å². The molecule has 0 aromatic carbocycles. The van der Waals surface area contributed by atoms with E-state index >= 15 is 0 Å². The first-order valence-electron chi connectivity index (χ1n) is 7.07. The van der Waals surface area contributed by atoms with Crippen molar-refractivity contribution in [3.05, 3.63) is 22.3 Å². The largest absolute Gasteiger partial charge is 0.303 e. The first-order valence-corrected chi connectivity index (χ1v) is 7.07. The van der Waals surface area contributed by atoms with Gasteiger partial charge in [-0.1, -0.05) is 27.7 Å². The van der Waals surface area contributed by atoms with E-state index in [4.69, 9.17) is 0 Å². The summed E-state index contributed by atoms with van der Waals surface area (Å²) in [5.74, 6) is 0.194. The van der Waals surface area contributed by atoms with Crippen molar-refractivity contribution < 1.29 is 14.4 Å². The molecule has 1 aliphatic carbocycles. The second kappa shape index (κ2) is 5.86. The Labute approximate surface area is 121 Å². The number of carbonyl (C=O) groups excluding carboxylic acids is 3. The van der Waals surface area contributed by atoms with Gasteiger partial charge in [-0.15, -0.1) is 0 Å². The molecule has 0 spiro atoms. The van der Waals surface area contributed by atoms with Crippen LogP contribution in [-0.4, -0.2) is 17.9 Å². The number of Topliss-reactive ketones (excluding diaryl/α,β-unsaturated/α-hetero) is 2. The first kappa shape index (κ1) is 16.5. The summed E-state index contributed by atoms with van der Waals surface area (Å²) in [5, 5.41) is 0. The highest BCUT2D eigenvalue weighted by Crippen LogP contribution is 2.39. The molecule has 0 saturated heterocycles. The predicted octanol–water partition coefficient (Wildman–Crippen LogP) is 3.43. The highest BCUT2D eigenvalue weighted by molar-refractivity contribution is 6.25. The van der Waals surface area contributed by atoms with Crippen molar-refractivity contribution in [2.24, 2.45) is 11.3 Å². The van der Waals surface area contributed by atoms with Gasteiger partial charge in [0.2, 0.25) is 0 Å². The second-order valence-electron chi connectivity index (χ2n) is 6.61. The van der Waals surface area contributed by atoms with E-state index in [1.165, 1.54) is 0 Å². The zero-order valence-corrected chi connectivity index (χ0v) is 13.3. The number of carbonyl (C=O) groups is 3. The van der Waals surface area contributed by atoms with Gasteiger partial charge in [0, 0.05) is 34.1 Å². The Morgan fingerprint density at radius 3 is 2.05 bits per heavy atom. The van der Waals surface area contributed by atoms with Gasteiger partial charge in [-0.3, -0.25) is 9.59 Å². The molecule has 0 aliphatic heterocycles. The van der Waals surface area contributed by atoms with Crippen LogP contribution in [0.5, 0.6) is 0 Å². The minimum atomic E-state index is -0.596. The third-order valence-corrected chi connectivity index (χ3v) is 3.89. The third kappa shape index (κ3) is 2.97. The van der Waals surface area contributed by atoms with Crippen molar-refractivity contribution in [1.29, 1.82) is 0 Å². The summed E-state index contributed by atoms with van der Waals surface area (Å²) in [6, 6.07) is 0. The van der Waals surface area contributed by atoms with Crippen molar-refractivity contribution in [2.45, 2.75) is 54.4 Å². The molecule has 20 heavy (non-hydrogen) atoms. The van der Waals surface area contributed by atoms with E-state index in [9.17, 15) is 14.4 Å². The lowest BCUT2D eigenvalue weighted by atomic mass is 9.70. The molecule has 3 nitrogen and oxygen atoms in total. The molecule has 0 aromatic rings. The van der Waals surface area contributed by atoms with Crippen molar-refractivity contribution in [3.8, 4) is 0 Å². The third-order valence-electron chi connectivity index (χ3n) is 3.89. The fraction of sp³-hybridized carbons (Fsp3) is 0.588. The van der Waals surface area contributed by atoms with E-state index in [-0.39, 0.29) is 18.0 Å². The van der Waals surface area contributed by atoms with E-state index in [0.29, 0.717) is 34.6 Å². The van der Waals surface area contributed by atoms with Crippen molar-refractivity contribution in [2.75, 3.05) is 0 Å². The molecule has 0 atom stereocenters. The molecule has 0 radical (unpaired) electrons. The Hall–Kier alpha value is -1.51. The highest BCUT2D eigenvalue weighted by Gasteiger charge is 2.38. The molecule has 0 bridgehead atoms. The molecule has 0 fully saturated rings. The molecule has 0 aromatic heterocycles. The number of rotatable bonds is 5. The zero-order chi connectivity index (χ0) is 15.7. The SMILES string of the molecule is CC1=C(CC(C)C)C(=O)C(C(C)(C)CC=O)=C(C)C1=O. The first-order chi connectivity index (χ1) is 9.13. The number of hydrogen-bond donors (Lipinski definition) is 0. The van der Waals surface area contributed by atoms with Crippen LogP contribution in [0.2, 0.25) is 0 Å². The van der Waals surface area contributed by atoms with Gasteiger partial charge in [0.05, 0.1) is 0 Å². The predicted molar refractivity (Wildman–Crippen MR) is 79.3 cm³/mol. The topological polar surface area (TPSA) is 51.2 Å². The molecule has 3 heteroatoms. The molecule has 1 aliphatic rings. The van der Waals surface area contributed by atoms with Crippen LogP contribution < -0.4 is 0 Å². The van der Waals surface area contributed by atoms with Crippen molar-refractivity contribution in [1.82, 2.24) is 0 Å². The maximum absolute atomic E-state index is 12.8. The molecular formula is C17H24O3. The fourth-order valence-electron chi connectivity index (χ4n) is 2.80. The molecule has 0 saturated carbocycles. The zero-order valence-electron chi connectivity index (χ0n) is 13.3. The van der Waals surface area contributed by atoms with Crippen LogP contribution in [0.25, 0.3) is 0 Å². The summed E-state index contributed by atoms with van der Waals surface area (Å²) < 4.78 is 0. The minimum absolute atomic E-state index is 0.0554. The van der Waals surface area contributed by atoms with Gasteiger partial charge in [0.25, 0.3) is 0 Å². The average Bonchev–Trinajstić information content (AvgIpc) is 2.31. The Bertz CT molecular complexity index is 516. The number of aldehydes is 1. The molecule has 1 rings (SSSR count). The Morgan fingerprint density at radius 1 is 1.05 bits per heavy atom. The normalized spacial score (nSPS) is 17.4. The quantitative estimate of drug-likeness (QED) is 0.571. The van der Waals surface area contributed by atoms with Gasteiger partial charge in [0.1, 0.15) is 6.29 Å². The summed E-state index contributed by atoms with van der Waals surface area (Å²) in [6.07, 6.45) is 1.66.